The molecule has 0 spiro atoms. The number of rotatable bonds is 3. The van der Waals surface area contributed by atoms with E-state index in [2.05, 4.69) is 0 Å². The van der Waals surface area contributed by atoms with Crippen LogP contribution in [0, 0.1) is 0 Å². The average molecular weight is 291 g/mol. The van der Waals surface area contributed by atoms with Gasteiger partial charge >= 0.3 is 5.97 Å². The fraction of sp³-hybridized carbons (Fsp3) is 0.222. The third-order valence-electron chi connectivity index (χ3n) is 1.66. The van der Waals surface area contributed by atoms with Gasteiger partial charge in [0, 0.05) is 6.42 Å². The number of carboxylic acids is 1. The van der Waals surface area contributed by atoms with Crippen molar-refractivity contribution in [2.24, 2.45) is 5.73 Å². The van der Waals surface area contributed by atoms with Crippen molar-refractivity contribution < 1.29 is 9.90 Å². The zero-order valence-corrected chi connectivity index (χ0v) is 9.06. The molecule has 1 aromatic carbocycles. The van der Waals surface area contributed by atoms with Crippen molar-refractivity contribution in [2.75, 3.05) is 0 Å². The van der Waals surface area contributed by atoms with E-state index in [1.807, 2.05) is 30.3 Å². The van der Waals surface area contributed by atoms with Crippen LogP contribution in [0.25, 0.3) is 0 Å². The summed E-state index contributed by atoms with van der Waals surface area (Å²) < 4.78 is -1.21. The standard InChI is InChI=1S/C9H10INO2/c10-9(11,8(12)13)6-7-4-2-1-3-5-7/h1-5H,6,11H2,(H,12,13)/t9-/m0/s1. The van der Waals surface area contributed by atoms with Crippen molar-refractivity contribution in [1.82, 2.24) is 0 Å². The van der Waals surface area contributed by atoms with Crippen molar-refractivity contribution >= 4 is 28.6 Å². The zero-order valence-electron chi connectivity index (χ0n) is 6.90. The minimum absolute atomic E-state index is 0.337. The second-order valence-electron chi connectivity index (χ2n) is 2.83. The summed E-state index contributed by atoms with van der Waals surface area (Å²) in [5, 5.41) is 8.77. The Morgan fingerprint density at radius 2 is 2.00 bits per heavy atom. The van der Waals surface area contributed by atoms with Crippen LogP contribution >= 0.6 is 22.6 Å². The largest absolute Gasteiger partial charge is 0.479 e. The Hall–Kier alpha value is -0.620. The van der Waals surface area contributed by atoms with Crippen LogP contribution < -0.4 is 5.73 Å². The number of benzene rings is 1. The maximum absolute atomic E-state index is 10.7. The SMILES string of the molecule is N[C@@](I)(Cc1ccccc1)C(=O)O. The molecule has 0 saturated carbocycles. The molecule has 0 unspecified atom stereocenters. The number of carboxylic acid groups (broad SMARTS) is 1. The molecule has 1 atom stereocenters. The summed E-state index contributed by atoms with van der Waals surface area (Å²) in [6, 6.07) is 9.34. The first-order valence-corrected chi connectivity index (χ1v) is 4.85. The minimum Gasteiger partial charge on any atom is -0.479 e. The van der Waals surface area contributed by atoms with Gasteiger partial charge in [0.15, 0.2) is 3.55 Å². The summed E-state index contributed by atoms with van der Waals surface area (Å²) in [7, 11) is 0. The van der Waals surface area contributed by atoms with Crippen LogP contribution in [-0.4, -0.2) is 14.6 Å². The Labute approximate surface area is 90.1 Å². The first-order chi connectivity index (χ1) is 6.02. The number of nitrogens with two attached hydrogens (primary N) is 1. The summed E-state index contributed by atoms with van der Waals surface area (Å²) in [5.74, 6) is -0.989. The van der Waals surface area contributed by atoms with E-state index in [-0.39, 0.29) is 0 Å². The van der Waals surface area contributed by atoms with Crippen molar-refractivity contribution in [3.8, 4) is 0 Å². The Morgan fingerprint density at radius 3 is 2.46 bits per heavy atom. The number of carbonyl (C=O) groups is 1. The Bertz CT molecular complexity index is 298. The van der Waals surface area contributed by atoms with Crippen molar-refractivity contribution in [1.29, 1.82) is 0 Å². The smallest absolute Gasteiger partial charge is 0.334 e. The number of hydrogen-bond acceptors (Lipinski definition) is 2. The van der Waals surface area contributed by atoms with Gasteiger partial charge < -0.3 is 10.8 Å². The second-order valence-corrected chi connectivity index (χ2v) is 4.75. The molecule has 4 heteroatoms. The lowest BCUT2D eigenvalue weighted by atomic mass is 10.1. The maximum atomic E-state index is 10.7. The molecule has 0 saturated heterocycles. The summed E-state index contributed by atoms with van der Waals surface area (Å²) in [4.78, 5) is 10.7. The van der Waals surface area contributed by atoms with Gasteiger partial charge in [-0.05, 0) is 28.2 Å². The Kier molecular flexibility index (Phi) is 3.27. The highest BCUT2D eigenvalue weighted by molar-refractivity contribution is 14.1. The highest BCUT2D eigenvalue weighted by Crippen LogP contribution is 2.18. The van der Waals surface area contributed by atoms with Gasteiger partial charge in [-0.15, -0.1) is 0 Å². The molecule has 0 aromatic heterocycles. The molecule has 0 fully saturated rings. The molecule has 0 radical (unpaired) electrons. The molecule has 0 aliphatic rings. The predicted molar refractivity (Wildman–Crippen MR) is 58.7 cm³/mol. The van der Waals surface area contributed by atoms with Crippen LogP contribution in [0.2, 0.25) is 0 Å². The number of halogens is 1. The molecule has 3 nitrogen and oxygen atoms in total. The lowest BCUT2D eigenvalue weighted by molar-refractivity contribution is -0.139. The molecule has 0 heterocycles. The van der Waals surface area contributed by atoms with E-state index in [9.17, 15) is 4.79 Å². The lowest BCUT2D eigenvalue weighted by Crippen LogP contribution is -2.43. The van der Waals surface area contributed by atoms with Crippen LogP contribution in [0.1, 0.15) is 5.56 Å². The monoisotopic (exact) mass is 291 g/mol. The molecule has 1 aromatic rings. The molecule has 0 amide bonds. The molecule has 70 valence electrons. The molecule has 3 N–H and O–H groups in total. The molecule has 0 aliphatic carbocycles. The second kappa shape index (κ2) is 4.06. The quantitative estimate of drug-likeness (QED) is 0.503. The van der Waals surface area contributed by atoms with Crippen LogP contribution in [0.4, 0.5) is 0 Å². The zero-order chi connectivity index (χ0) is 9.90. The van der Waals surface area contributed by atoms with Gasteiger partial charge in [-0.3, -0.25) is 0 Å². The highest BCUT2D eigenvalue weighted by Gasteiger charge is 2.30. The minimum atomic E-state index is -1.21. The topological polar surface area (TPSA) is 63.3 Å². The van der Waals surface area contributed by atoms with Crippen molar-refractivity contribution in [3.63, 3.8) is 0 Å². The Morgan fingerprint density at radius 1 is 1.46 bits per heavy atom. The van der Waals surface area contributed by atoms with Crippen LogP contribution in [-0.2, 0) is 11.2 Å². The number of aliphatic carboxylic acids is 1. The van der Waals surface area contributed by atoms with E-state index in [1.165, 1.54) is 0 Å². The van der Waals surface area contributed by atoms with Gasteiger partial charge in [0.25, 0.3) is 0 Å². The third kappa shape index (κ3) is 2.96. The first kappa shape index (κ1) is 10.5. The van der Waals surface area contributed by atoms with E-state index < -0.39 is 9.51 Å². The van der Waals surface area contributed by atoms with E-state index in [0.29, 0.717) is 6.42 Å². The normalized spacial score (nSPS) is 14.9. The molecule has 1 rings (SSSR count). The summed E-state index contributed by atoms with van der Waals surface area (Å²) in [6.45, 7) is 0. The number of hydrogen-bond donors (Lipinski definition) is 2. The van der Waals surface area contributed by atoms with Gasteiger partial charge in [0.1, 0.15) is 0 Å². The molecule has 0 bridgehead atoms. The van der Waals surface area contributed by atoms with Gasteiger partial charge in [-0.2, -0.15) is 0 Å². The van der Waals surface area contributed by atoms with E-state index in [1.54, 1.807) is 22.6 Å². The van der Waals surface area contributed by atoms with Crippen molar-refractivity contribution in [2.45, 2.75) is 9.97 Å². The molecular weight excluding hydrogens is 281 g/mol. The van der Waals surface area contributed by atoms with Crippen LogP contribution in [0.15, 0.2) is 30.3 Å². The number of alkyl halides is 1. The van der Waals surface area contributed by atoms with Crippen molar-refractivity contribution in [3.05, 3.63) is 35.9 Å². The lowest BCUT2D eigenvalue weighted by Gasteiger charge is -2.16. The molecular formula is C9H10INO2. The van der Waals surface area contributed by atoms with E-state index in [4.69, 9.17) is 10.8 Å². The maximum Gasteiger partial charge on any atom is 0.334 e. The fourth-order valence-corrected chi connectivity index (χ4v) is 1.41. The first-order valence-electron chi connectivity index (χ1n) is 3.77. The Balaban J connectivity index is 2.75. The van der Waals surface area contributed by atoms with Gasteiger partial charge in [-0.1, -0.05) is 30.3 Å². The van der Waals surface area contributed by atoms with Gasteiger partial charge in [0.2, 0.25) is 0 Å². The summed E-state index contributed by atoms with van der Waals surface area (Å²) in [6.07, 6.45) is 0.337. The summed E-state index contributed by atoms with van der Waals surface area (Å²) in [5.41, 5.74) is 6.51. The third-order valence-corrected chi connectivity index (χ3v) is 2.50. The predicted octanol–water partition coefficient (Wildman–Crippen LogP) is 1.40. The highest BCUT2D eigenvalue weighted by atomic mass is 127. The molecule has 13 heavy (non-hydrogen) atoms. The van der Waals surface area contributed by atoms with E-state index in [0.717, 1.165) is 5.56 Å². The average Bonchev–Trinajstić information content (AvgIpc) is 2.05. The fourth-order valence-electron chi connectivity index (χ4n) is 0.969. The van der Waals surface area contributed by atoms with Gasteiger partial charge in [-0.25, -0.2) is 4.79 Å². The molecule has 0 aliphatic heterocycles. The van der Waals surface area contributed by atoms with E-state index >= 15 is 0 Å². The summed E-state index contributed by atoms with van der Waals surface area (Å²) >= 11 is 1.75. The van der Waals surface area contributed by atoms with Crippen LogP contribution in [0.5, 0.6) is 0 Å². The van der Waals surface area contributed by atoms with Crippen LogP contribution in [0.3, 0.4) is 0 Å². The van der Waals surface area contributed by atoms with Gasteiger partial charge in [0.05, 0.1) is 0 Å².